The lowest BCUT2D eigenvalue weighted by Crippen LogP contribution is -1.93. The fourth-order valence-electron chi connectivity index (χ4n) is 1.14. The number of hydrogen-bond donors (Lipinski definition) is 0. The summed E-state index contributed by atoms with van der Waals surface area (Å²) in [6.45, 7) is 7.66. The van der Waals surface area contributed by atoms with Crippen molar-refractivity contribution >= 4 is 5.71 Å². The van der Waals surface area contributed by atoms with Crippen molar-refractivity contribution in [3.8, 4) is 0 Å². The van der Waals surface area contributed by atoms with Crippen molar-refractivity contribution in [2.45, 2.75) is 59.3 Å². The van der Waals surface area contributed by atoms with Gasteiger partial charge in [-0.2, -0.15) is 0 Å². The van der Waals surface area contributed by atoms with Gasteiger partial charge in [0.2, 0.25) is 0 Å². The molecule has 72 valence electrons. The third-order valence-electron chi connectivity index (χ3n) is 2.04. The van der Waals surface area contributed by atoms with Gasteiger partial charge in [-0.25, -0.2) is 0 Å². The first-order chi connectivity index (χ1) is 5.81. The second kappa shape index (κ2) is 8.76. The van der Waals surface area contributed by atoms with E-state index in [1.807, 2.05) is 0 Å². The molecule has 0 saturated heterocycles. The first kappa shape index (κ1) is 11.7. The molecule has 0 aromatic heterocycles. The average Bonchev–Trinajstić information content (AvgIpc) is 2.09. The van der Waals surface area contributed by atoms with Gasteiger partial charge in [0, 0.05) is 12.3 Å². The summed E-state index contributed by atoms with van der Waals surface area (Å²) >= 11 is 0. The highest BCUT2D eigenvalue weighted by molar-refractivity contribution is 5.81. The predicted octanol–water partition coefficient (Wildman–Crippen LogP) is 3.83. The number of hydrogen-bond acceptors (Lipinski definition) is 1. The molecule has 0 spiro atoms. The molecule has 0 aromatic rings. The zero-order chi connectivity index (χ0) is 9.23. The quantitative estimate of drug-likeness (QED) is 0.406. The highest BCUT2D eigenvalue weighted by Gasteiger charge is 1.89. The van der Waals surface area contributed by atoms with E-state index in [0.717, 1.165) is 6.54 Å². The Hall–Kier alpha value is -0.330. The number of nitrogens with zero attached hydrogens (tertiary/aromatic N) is 1. The molecule has 0 fully saturated rings. The summed E-state index contributed by atoms with van der Waals surface area (Å²) in [5.41, 5.74) is 1.34. The molecule has 0 aromatic carbocycles. The second-order valence-corrected chi connectivity index (χ2v) is 3.43. The van der Waals surface area contributed by atoms with Crippen molar-refractivity contribution in [1.82, 2.24) is 0 Å². The van der Waals surface area contributed by atoms with Gasteiger partial charge < -0.3 is 0 Å². The highest BCUT2D eigenvalue weighted by Crippen LogP contribution is 1.99. The first-order valence-corrected chi connectivity index (χ1v) is 5.31. The molecule has 0 atom stereocenters. The van der Waals surface area contributed by atoms with Gasteiger partial charge in [-0.05, 0) is 26.2 Å². The smallest absolute Gasteiger partial charge is 0.0388 e. The van der Waals surface area contributed by atoms with Crippen LogP contribution in [0.15, 0.2) is 4.99 Å². The Bertz CT molecular complexity index is 116. The Labute approximate surface area is 77.3 Å². The maximum Gasteiger partial charge on any atom is 0.0388 e. The van der Waals surface area contributed by atoms with Crippen molar-refractivity contribution in [2.24, 2.45) is 4.99 Å². The Kier molecular flexibility index (Phi) is 8.52. The van der Waals surface area contributed by atoms with Crippen LogP contribution in [0.25, 0.3) is 0 Å². The first-order valence-electron chi connectivity index (χ1n) is 5.31. The van der Waals surface area contributed by atoms with Gasteiger partial charge >= 0.3 is 0 Å². The molecule has 0 aliphatic carbocycles. The van der Waals surface area contributed by atoms with Gasteiger partial charge in [-0.15, -0.1) is 0 Å². The normalized spacial score (nSPS) is 12.1. The Morgan fingerprint density at radius 3 is 2.25 bits per heavy atom. The predicted molar refractivity (Wildman–Crippen MR) is 57.0 cm³/mol. The monoisotopic (exact) mass is 169 g/mol. The lowest BCUT2D eigenvalue weighted by atomic mass is 10.2. The van der Waals surface area contributed by atoms with Crippen LogP contribution < -0.4 is 0 Å². The van der Waals surface area contributed by atoms with Crippen LogP contribution in [0, 0.1) is 0 Å². The van der Waals surface area contributed by atoms with Crippen LogP contribution in [0.1, 0.15) is 59.3 Å². The third-order valence-corrected chi connectivity index (χ3v) is 2.04. The summed E-state index contributed by atoms with van der Waals surface area (Å²) in [6.07, 6.45) is 7.65. The van der Waals surface area contributed by atoms with Crippen molar-refractivity contribution in [3.63, 3.8) is 0 Å². The standard InChI is InChI=1S/C11H23N/c1-4-6-8-10-12-11(3)9-7-5-2/h4-10H2,1-3H3. The molecule has 0 bridgehead atoms. The molecular weight excluding hydrogens is 146 g/mol. The Morgan fingerprint density at radius 1 is 1.00 bits per heavy atom. The molecule has 0 unspecified atom stereocenters. The van der Waals surface area contributed by atoms with E-state index in [-0.39, 0.29) is 0 Å². The fraction of sp³-hybridized carbons (Fsp3) is 0.909. The zero-order valence-corrected chi connectivity index (χ0v) is 8.90. The molecule has 0 heterocycles. The molecule has 0 radical (unpaired) electrons. The number of unbranched alkanes of at least 4 members (excludes halogenated alkanes) is 3. The summed E-state index contributed by atoms with van der Waals surface area (Å²) in [4.78, 5) is 4.52. The lowest BCUT2D eigenvalue weighted by Gasteiger charge is -1.98. The van der Waals surface area contributed by atoms with Gasteiger partial charge in [0.25, 0.3) is 0 Å². The summed E-state index contributed by atoms with van der Waals surface area (Å²) < 4.78 is 0. The summed E-state index contributed by atoms with van der Waals surface area (Å²) in [5, 5.41) is 0. The van der Waals surface area contributed by atoms with Gasteiger partial charge in [0.15, 0.2) is 0 Å². The van der Waals surface area contributed by atoms with Crippen molar-refractivity contribution < 1.29 is 0 Å². The average molecular weight is 169 g/mol. The number of rotatable bonds is 7. The third kappa shape index (κ3) is 7.77. The van der Waals surface area contributed by atoms with Crippen molar-refractivity contribution in [2.75, 3.05) is 6.54 Å². The van der Waals surface area contributed by atoms with E-state index >= 15 is 0 Å². The summed E-state index contributed by atoms with van der Waals surface area (Å²) in [5.74, 6) is 0. The molecule has 0 saturated carbocycles. The van der Waals surface area contributed by atoms with Crippen LogP contribution in [-0.2, 0) is 0 Å². The lowest BCUT2D eigenvalue weighted by molar-refractivity contribution is 0.724. The fourth-order valence-corrected chi connectivity index (χ4v) is 1.14. The molecule has 0 N–H and O–H groups in total. The summed E-state index contributed by atoms with van der Waals surface area (Å²) in [7, 11) is 0. The summed E-state index contributed by atoms with van der Waals surface area (Å²) in [6, 6.07) is 0. The molecule has 1 heteroatoms. The van der Waals surface area contributed by atoms with E-state index in [4.69, 9.17) is 0 Å². The van der Waals surface area contributed by atoms with Crippen LogP contribution >= 0.6 is 0 Å². The molecular formula is C11H23N. The molecule has 12 heavy (non-hydrogen) atoms. The topological polar surface area (TPSA) is 12.4 Å². The van der Waals surface area contributed by atoms with E-state index < -0.39 is 0 Å². The van der Waals surface area contributed by atoms with Crippen LogP contribution in [0.4, 0.5) is 0 Å². The molecule has 0 amide bonds. The van der Waals surface area contributed by atoms with Gasteiger partial charge in [0.1, 0.15) is 0 Å². The van der Waals surface area contributed by atoms with E-state index in [0.29, 0.717) is 0 Å². The second-order valence-electron chi connectivity index (χ2n) is 3.43. The minimum Gasteiger partial charge on any atom is -0.294 e. The molecule has 0 rings (SSSR count). The largest absolute Gasteiger partial charge is 0.294 e. The van der Waals surface area contributed by atoms with Gasteiger partial charge in [0.05, 0.1) is 0 Å². The van der Waals surface area contributed by atoms with Crippen LogP contribution in [0.5, 0.6) is 0 Å². The molecule has 1 nitrogen and oxygen atoms in total. The van der Waals surface area contributed by atoms with Crippen LogP contribution in [-0.4, -0.2) is 12.3 Å². The van der Waals surface area contributed by atoms with Gasteiger partial charge in [-0.3, -0.25) is 4.99 Å². The molecule has 0 aliphatic rings. The van der Waals surface area contributed by atoms with Crippen LogP contribution in [0.3, 0.4) is 0 Å². The van der Waals surface area contributed by atoms with E-state index in [2.05, 4.69) is 25.8 Å². The van der Waals surface area contributed by atoms with E-state index in [1.165, 1.54) is 44.2 Å². The minimum atomic E-state index is 1.05. The maximum atomic E-state index is 4.52. The van der Waals surface area contributed by atoms with E-state index in [9.17, 15) is 0 Å². The van der Waals surface area contributed by atoms with E-state index in [1.54, 1.807) is 0 Å². The maximum absolute atomic E-state index is 4.52. The molecule has 0 aliphatic heterocycles. The zero-order valence-electron chi connectivity index (χ0n) is 8.90. The van der Waals surface area contributed by atoms with Crippen molar-refractivity contribution in [3.05, 3.63) is 0 Å². The Morgan fingerprint density at radius 2 is 1.67 bits per heavy atom. The SMILES string of the molecule is CCCCCN=C(C)CCCC. The van der Waals surface area contributed by atoms with Gasteiger partial charge in [-0.1, -0.05) is 33.1 Å². The highest BCUT2D eigenvalue weighted by atomic mass is 14.7. The minimum absolute atomic E-state index is 1.05. The van der Waals surface area contributed by atoms with Crippen molar-refractivity contribution in [1.29, 1.82) is 0 Å². The Balaban J connectivity index is 3.28. The van der Waals surface area contributed by atoms with Crippen LogP contribution in [0.2, 0.25) is 0 Å². The number of aliphatic imine (C=N–C) groups is 1.